The van der Waals surface area contributed by atoms with Crippen molar-refractivity contribution in [3.63, 3.8) is 0 Å². The Morgan fingerprint density at radius 2 is 1.96 bits per heavy atom. The van der Waals surface area contributed by atoms with Crippen LogP contribution in [0.1, 0.15) is 31.4 Å². The maximum Gasteiger partial charge on any atom is 0.240 e. The molecule has 0 bridgehead atoms. The normalized spacial score (nSPS) is 11.6. The van der Waals surface area contributed by atoms with Gasteiger partial charge in [-0.3, -0.25) is 9.10 Å². The average Bonchev–Trinajstić information content (AvgIpc) is 2.45. The zero-order valence-corrected chi connectivity index (χ0v) is 15.9. The minimum absolute atomic E-state index is 0.158. The van der Waals surface area contributed by atoms with E-state index in [0.29, 0.717) is 25.3 Å². The number of carbonyl (C=O) groups excluding carboxylic acids is 1. The van der Waals surface area contributed by atoms with Crippen LogP contribution >= 0.6 is 0 Å². The van der Waals surface area contributed by atoms with Crippen LogP contribution in [0.15, 0.2) is 18.2 Å². The third-order valence-electron chi connectivity index (χ3n) is 3.42. The number of ether oxygens (including phenoxy) is 1. The summed E-state index contributed by atoms with van der Waals surface area (Å²) in [7, 11) is -3.55. The number of hydrogen-bond acceptors (Lipinski definition) is 4. The smallest absolute Gasteiger partial charge is 0.240 e. The summed E-state index contributed by atoms with van der Waals surface area (Å²) in [5, 5.41) is 2.74. The summed E-state index contributed by atoms with van der Waals surface area (Å²) >= 11 is 0. The molecule has 1 aromatic rings. The van der Waals surface area contributed by atoms with Crippen molar-refractivity contribution in [2.75, 3.05) is 30.3 Å². The van der Waals surface area contributed by atoms with Gasteiger partial charge < -0.3 is 10.1 Å². The van der Waals surface area contributed by atoms with E-state index in [1.54, 1.807) is 6.07 Å². The van der Waals surface area contributed by atoms with Crippen molar-refractivity contribution in [3.8, 4) is 0 Å². The van der Waals surface area contributed by atoms with Crippen molar-refractivity contribution >= 4 is 21.6 Å². The van der Waals surface area contributed by atoms with Gasteiger partial charge in [0, 0.05) is 13.2 Å². The molecule has 0 aliphatic rings. The van der Waals surface area contributed by atoms with Crippen molar-refractivity contribution in [1.29, 1.82) is 0 Å². The lowest BCUT2D eigenvalue weighted by Gasteiger charge is -2.24. The summed E-state index contributed by atoms with van der Waals surface area (Å²) in [6.45, 7) is 8.40. The first-order chi connectivity index (χ1) is 11.1. The van der Waals surface area contributed by atoms with Gasteiger partial charge >= 0.3 is 0 Å². The Hall–Kier alpha value is -1.60. The van der Waals surface area contributed by atoms with E-state index in [2.05, 4.69) is 5.32 Å². The van der Waals surface area contributed by atoms with Gasteiger partial charge in [-0.1, -0.05) is 12.1 Å². The van der Waals surface area contributed by atoms with Crippen LogP contribution in [0.4, 0.5) is 5.69 Å². The fourth-order valence-corrected chi connectivity index (χ4v) is 3.08. The number of amides is 1. The van der Waals surface area contributed by atoms with E-state index in [1.165, 1.54) is 0 Å². The Labute approximate surface area is 145 Å². The van der Waals surface area contributed by atoms with Gasteiger partial charge in [-0.05, 0) is 51.3 Å². The lowest BCUT2D eigenvalue weighted by atomic mass is 10.1. The molecule has 6 nitrogen and oxygen atoms in total. The fraction of sp³-hybridized carbons (Fsp3) is 0.588. The van der Waals surface area contributed by atoms with Gasteiger partial charge in [-0.25, -0.2) is 8.42 Å². The standard InChI is InChI=1S/C17H28N2O4S/c1-13(2)23-10-6-9-18-17(20)12-19(24(5,21)22)16-11-14(3)7-8-15(16)4/h7-8,11,13H,6,9-10,12H2,1-5H3,(H,18,20). The molecular formula is C17H28N2O4S. The molecule has 1 aromatic carbocycles. The van der Waals surface area contributed by atoms with Crippen molar-refractivity contribution < 1.29 is 17.9 Å². The third-order valence-corrected chi connectivity index (χ3v) is 4.54. The minimum atomic E-state index is -3.55. The number of anilines is 1. The number of nitrogens with one attached hydrogen (secondary N) is 1. The first-order valence-electron chi connectivity index (χ1n) is 8.04. The quantitative estimate of drug-likeness (QED) is 0.687. The highest BCUT2D eigenvalue weighted by Crippen LogP contribution is 2.23. The highest BCUT2D eigenvalue weighted by atomic mass is 32.2. The van der Waals surface area contributed by atoms with Gasteiger partial charge in [-0.2, -0.15) is 0 Å². The van der Waals surface area contributed by atoms with E-state index >= 15 is 0 Å². The molecule has 1 rings (SSSR count). The van der Waals surface area contributed by atoms with E-state index in [0.717, 1.165) is 21.7 Å². The molecule has 0 unspecified atom stereocenters. The maximum absolute atomic E-state index is 12.1. The highest BCUT2D eigenvalue weighted by molar-refractivity contribution is 7.92. The Balaban J connectivity index is 2.71. The van der Waals surface area contributed by atoms with Crippen LogP contribution in [0.5, 0.6) is 0 Å². The number of aryl methyl sites for hydroxylation is 2. The summed E-state index contributed by atoms with van der Waals surface area (Å²) in [5.74, 6) is -0.328. The van der Waals surface area contributed by atoms with Gasteiger partial charge in [0.05, 0.1) is 18.0 Å². The maximum atomic E-state index is 12.1. The molecule has 0 aliphatic heterocycles. The molecule has 7 heteroatoms. The van der Waals surface area contributed by atoms with Crippen LogP contribution in [0.2, 0.25) is 0 Å². The number of nitrogens with zero attached hydrogens (tertiary/aromatic N) is 1. The SMILES string of the molecule is Cc1ccc(C)c(N(CC(=O)NCCCOC(C)C)S(C)(=O)=O)c1. The summed E-state index contributed by atoms with van der Waals surface area (Å²) in [6.07, 6.45) is 1.95. The predicted octanol–water partition coefficient (Wildman–Crippen LogP) is 2.00. The fourth-order valence-electron chi connectivity index (χ4n) is 2.17. The molecule has 0 radical (unpaired) electrons. The van der Waals surface area contributed by atoms with Crippen LogP contribution in [0.3, 0.4) is 0 Å². The van der Waals surface area contributed by atoms with Gasteiger partial charge in [-0.15, -0.1) is 0 Å². The second-order valence-electron chi connectivity index (χ2n) is 6.18. The molecule has 0 aromatic heterocycles. The zero-order chi connectivity index (χ0) is 18.3. The Bertz CT molecular complexity index is 657. The topological polar surface area (TPSA) is 75.7 Å². The molecule has 0 saturated heterocycles. The van der Waals surface area contributed by atoms with Crippen molar-refractivity contribution in [2.45, 2.75) is 40.2 Å². The molecule has 0 heterocycles. The van der Waals surface area contributed by atoms with Crippen LogP contribution in [-0.2, 0) is 19.6 Å². The van der Waals surface area contributed by atoms with Crippen molar-refractivity contribution in [1.82, 2.24) is 5.32 Å². The van der Waals surface area contributed by atoms with E-state index in [4.69, 9.17) is 4.74 Å². The van der Waals surface area contributed by atoms with Crippen molar-refractivity contribution in [3.05, 3.63) is 29.3 Å². The van der Waals surface area contributed by atoms with Gasteiger partial charge in [0.1, 0.15) is 6.54 Å². The molecule has 0 fully saturated rings. The predicted molar refractivity (Wildman–Crippen MR) is 96.8 cm³/mol. The number of carbonyl (C=O) groups is 1. The highest BCUT2D eigenvalue weighted by Gasteiger charge is 2.22. The van der Waals surface area contributed by atoms with Crippen molar-refractivity contribution in [2.24, 2.45) is 0 Å². The van der Waals surface area contributed by atoms with Gasteiger partial charge in [0.25, 0.3) is 0 Å². The zero-order valence-electron chi connectivity index (χ0n) is 15.1. The number of benzene rings is 1. The van der Waals surface area contributed by atoms with E-state index in [-0.39, 0.29) is 18.6 Å². The number of rotatable bonds is 9. The monoisotopic (exact) mass is 356 g/mol. The molecule has 0 atom stereocenters. The first kappa shape index (κ1) is 20.4. The lowest BCUT2D eigenvalue weighted by Crippen LogP contribution is -2.41. The molecule has 1 N–H and O–H groups in total. The van der Waals surface area contributed by atoms with Gasteiger partial charge in [0.2, 0.25) is 15.9 Å². The second-order valence-corrected chi connectivity index (χ2v) is 8.09. The van der Waals surface area contributed by atoms with E-state index in [9.17, 15) is 13.2 Å². The average molecular weight is 356 g/mol. The van der Waals surface area contributed by atoms with Crippen LogP contribution in [-0.4, -0.2) is 46.4 Å². The summed E-state index contributed by atoms with van der Waals surface area (Å²) < 4.78 is 30.8. The lowest BCUT2D eigenvalue weighted by molar-refractivity contribution is -0.119. The second kappa shape index (κ2) is 9.03. The number of sulfonamides is 1. The minimum Gasteiger partial charge on any atom is -0.379 e. The Kier molecular flexibility index (Phi) is 7.69. The van der Waals surface area contributed by atoms with Crippen LogP contribution in [0, 0.1) is 13.8 Å². The molecular weight excluding hydrogens is 328 g/mol. The molecule has 0 spiro atoms. The van der Waals surface area contributed by atoms with E-state index < -0.39 is 10.0 Å². The van der Waals surface area contributed by atoms with Gasteiger partial charge in [0.15, 0.2) is 0 Å². The van der Waals surface area contributed by atoms with Crippen LogP contribution in [0.25, 0.3) is 0 Å². The molecule has 1 amide bonds. The summed E-state index contributed by atoms with van der Waals surface area (Å²) in [5.41, 5.74) is 2.29. The molecule has 0 saturated carbocycles. The molecule has 24 heavy (non-hydrogen) atoms. The Morgan fingerprint density at radius 3 is 2.54 bits per heavy atom. The van der Waals surface area contributed by atoms with Crippen LogP contribution < -0.4 is 9.62 Å². The van der Waals surface area contributed by atoms with E-state index in [1.807, 2.05) is 39.8 Å². The largest absolute Gasteiger partial charge is 0.379 e. The summed E-state index contributed by atoms with van der Waals surface area (Å²) in [4.78, 5) is 12.1. The third kappa shape index (κ3) is 6.88. The summed E-state index contributed by atoms with van der Waals surface area (Å²) in [6, 6.07) is 5.54. The Morgan fingerprint density at radius 1 is 1.29 bits per heavy atom. The number of hydrogen-bond donors (Lipinski definition) is 1. The first-order valence-corrected chi connectivity index (χ1v) is 9.89. The molecule has 0 aliphatic carbocycles. The molecule has 136 valence electrons.